The standard InChI is InChI=1S/C22H30N2O2/c1-22(2,17-25)21(24-13-11-23-12-14-24)19-9-6-10-20(15-19)26-16-18-7-4-3-5-8-18/h3-10,15,21,23,25H,11-14,16-17H2,1-2H3/t21-/m0/s1. The molecule has 0 bridgehead atoms. The molecule has 1 aliphatic heterocycles. The van der Waals surface area contributed by atoms with E-state index < -0.39 is 0 Å². The number of hydrogen-bond acceptors (Lipinski definition) is 4. The van der Waals surface area contributed by atoms with Crippen LogP contribution in [0.25, 0.3) is 0 Å². The number of aliphatic hydroxyl groups is 1. The molecule has 1 aliphatic rings. The largest absolute Gasteiger partial charge is 0.489 e. The van der Waals surface area contributed by atoms with Gasteiger partial charge in [0.25, 0.3) is 0 Å². The van der Waals surface area contributed by atoms with Gasteiger partial charge in [0.2, 0.25) is 0 Å². The van der Waals surface area contributed by atoms with Crippen molar-refractivity contribution in [1.82, 2.24) is 10.2 Å². The van der Waals surface area contributed by atoms with Crippen LogP contribution in [0.3, 0.4) is 0 Å². The van der Waals surface area contributed by atoms with E-state index in [1.54, 1.807) is 0 Å². The van der Waals surface area contributed by atoms with Crippen LogP contribution in [0.2, 0.25) is 0 Å². The number of piperazine rings is 1. The maximum Gasteiger partial charge on any atom is 0.120 e. The predicted molar refractivity (Wildman–Crippen MR) is 105 cm³/mol. The lowest BCUT2D eigenvalue weighted by Gasteiger charge is -2.43. The van der Waals surface area contributed by atoms with Crippen LogP contribution in [0.1, 0.15) is 31.0 Å². The summed E-state index contributed by atoms with van der Waals surface area (Å²) in [6, 6.07) is 18.7. The summed E-state index contributed by atoms with van der Waals surface area (Å²) in [7, 11) is 0. The van der Waals surface area contributed by atoms with Gasteiger partial charge in [0.05, 0.1) is 0 Å². The van der Waals surface area contributed by atoms with Gasteiger partial charge in [-0.15, -0.1) is 0 Å². The molecule has 0 amide bonds. The van der Waals surface area contributed by atoms with Gasteiger partial charge in [-0.2, -0.15) is 0 Å². The van der Waals surface area contributed by atoms with Crippen molar-refractivity contribution in [2.75, 3.05) is 32.8 Å². The summed E-state index contributed by atoms with van der Waals surface area (Å²) in [6.45, 7) is 8.94. The van der Waals surface area contributed by atoms with Crippen molar-refractivity contribution in [1.29, 1.82) is 0 Å². The van der Waals surface area contributed by atoms with Crippen LogP contribution >= 0.6 is 0 Å². The average Bonchev–Trinajstić information content (AvgIpc) is 2.68. The van der Waals surface area contributed by atoms with E-state index in [1.807, 2.05) is 24.3 Å². The Morgan fingerprint density at radius 1 is 1.08 bits per heavy atom. The number of ether oxygens (including phenoxy) is 1. The fraction of sp³-hybridized carbons (Fsp3) is 0.455. The van der Waals surface area contributed by atoms with E-state index >= 15 is 0 Å². The minimum Gasteiger partial charge on any atom is -0.489 e. The molecule has 140 valence electrons. The number of aliphatic hydroxyl groups excluding tert-OH is 1. The highest BCUT2D eigenvalue weighted by molar-refractivity contribution is 5.32. The number of hydrogen-bond donors (Lipinski definition) is 2. The van der Waals surface area contributed by atoms with Crippen LogP contribution in [-0.4, -0.2) is 42.8 Å². The Kier molecular flexibility index (Phi) is 6.30. The topological polar surface area (TPSA) is 44.7 Å². The predicted octanol–water partition coefficient (Wildman–Crippen LogP) is 3.23. The van der Waals surface area contributed by atoms with Gasteiger partial charge in [0.1, 0.15) is 12.4 Å². The zero-order valence-electron chi connectivity index (χ0n) is 15.8. The maximum absolute atomic E-state index is 10.0. The molecule has 0 aromatic heterocycles. The number of nitrogens with zero attached hydrogens (tertiary/aromatic N) is 1. The second kappa shape index (κ2) is 8.67. The summed E-state index contributed by atoms with van der Waals surface area (Å²) >= 11 is 0. The number of nitrogens with one attached hydrogen (secondary N) is 1. The molecule has 3 rings (SSSR count). The monoisotopic (exact) mass is 354 g/mol. The third-order valence-electron chi connectivity index (χ3n) is 5.09. The summed E-state index contributed by atoms with van der Waals surface area (Å²) in [4.78, 5) is 2.48. The Morgan fingerprint density at radius 3 is 2.50 bits per heavy atom. The van der Waals surface area contributed by atoms with E-state index in [0.29, 0.717) is 6.61 Å². The summed E-state index contributed by atoms with van der Waals surface area (Å²) in [5, 5.41) is 13.4. The fourth-order valence-corrected chi connectivity index (χ4v) is 3.70. The van der Waals surface area contributed by atoms with Crippen molar-refractivity contribution in [2.24, 2.45) is 5.41 Å². The van der Waals surface area contributed by atoms with Crippen LogP contribution in [0, 0.1) is 5.41 Å². The van der Waals surface area contributed by atoms with Gasteiger partial charge in [-0.05, 0) is 23.3 Å². The van der Waals surface area contributed by atoms with E-state index in [9.17, 15) is 5.11 Å². The SMILES string of the molecule is CC(C)(CO)[C@H](c1cccc(OCc2ccccc2)c1)N1CCNCC1. The first kappa shape index (κ1) is 18.9. The molecule has 0 unspecified atom stereocenters. The zero-order chi connectivity index (χ0) is 18.4. The van der Waals surface area contributed by atoms with E-state index in [1.165, 1.54) is 5.56 Å². The quantitative estimate of drug-likeness (QED) is 0.801. The smallest absolute Gasteiger partial charge is 0.120 e. The highest BCUT2D eigenvalue weighted by Gasteiger charge is 2.35. The zero-order valence-corrected chi connectivity index (χ0v) is 15.8. The van der Waals surface area contributed by atoms with Crippen LogP contribution in [0.4, 0.5) is 0 Å². The van der Waals surface area contributed by atoms with E-state index in [0.717, 1.165) is 37.5 Å². The molecule has 1 saturated heterocycles. The van der Waals surface area contributed by atoms with Crippen LogP contribution in [0.5, 0.6) is 5.75 Å². The lowest BCUT2D eigenvalue weighted by Crippen LogP contribution is -2.49. The molecular weight excluding hydrogens is 324 g/mol. The number of benzene rings is 2. The molecule has 1 fully saturated rings. The summed E-state index contributed by atoms with van der Waals surface area (Å²) in [6.07, 6.45) is 0. The molecule has 0 radical (unpaired) electrons. The van der Waals surface area contributed by atoms with Crippen molar-refractivity contribution in [3.63, 3.8) is 0 Å². The van der Waals surface area contributed by atoms with Crippen LogP contribution < -0.4 is 10.1 Å². The minimum absolute atomic E-state index is 0.149. The third kappa shape index (κ3) is 4.64. The molecule has 1 heterocycles. The number of rotatable bonds is 7. The lowest BCUT2D eigenvalue weighted by atomic mass is 9.79. The Morgan fingerprint density at radius 2 is 1.81 bits per heavy atom. The first-order valence-corrected chi connectivity index (χ1v) is 9.42. The van der Waals surface area contributed by atoms with Gasteiger partial charge in [-0.25, -0.2) is 0 Å². The molecular formula is C22H30N2O2. The van der Waals surface area contributed by atoms with Crippen LogP contribution in [-0.2, 0) is 6.61 Å². The van der Waals surface area contributed by atoms with E-state index in [2.05, 4.69) is 54.4 Å². The van der Waals surface area contributed by atoms with Crippen molar-refractivity contribution in [3.05, 3.63) is 65.7 Å². The normalized spacial score (nSPS) is 17.0. The lowest BCUT2D eigenvalue weighted by molar-refractivity contribution is 0.0304. The van der Waals surface area contributed by atoms with Crippen molar-refractivity contribution in [2.45, 2.75) is 26.5 Å². The Hall–Kier alpha value is -1.88. The summed E-state index contributed by atoms with van der Waals surface area (Å²) < 4.78 is 6.02. The van der Waals surface area contributed by atoms with Gasteiger partial charge in [-0.1, -0.05) is 56.3 Å². The first-order valence-electron chi connectivity index (χ1n) is 9.42. The van der Waals surface area contributed by atoms with Gasteiger partial charge < -0.3 is 15.2 Å². The molecule has 2 aromatic rings. The second-order valence-corrected chi connectivity index (χ2v) is 7.68. The Labute approximate surface area is 156 Å². The van der Waals surface area contributed by atoms with Gasteiger partial charge in [0.15, 0.2) is 0 Å². The van der Waals surface area contributed by atoms with Gasteiger partial charge in [0, 0.05) is 44.2 Å². The van der Waals surface area contributed by atoms with Crippen LogP contribution in [0.15, 0.2) is 54.6 Å². The summed E-state index contributed by atoms with van der Waals surface area (Å²) in [5.74, 6) is 0.875. The molecule has 4 nitrogen and oxygen atoms in total. The Bertz CT molecular complexity index is 682. The first-order chi connectivity index (χ1) is 12.6. The third-order valence-corrected chi connectivity index (χ3v) is 5.09. The maximum atomic E-state index is 10.0. The van der Waals surface area contributed by atoms with Crippen molar-refractivity contribution < 1.29 is 9.84 Å². The fourth-order valence-electron chi connectivity index (χ4n) is 3.70. The highest BCUT2D eigenvalue weighted by Crippen LogP contribution is 2.39. The molecule has 0 saturated carbocycles. The average molecular weight is 354 g/mol. The molecule has 4 heteroatoms. The molecule has 2 N–H and O–H groups in total. The summed E-state index contributed by atoms with van der Waals surface area (Å²) in [5.41, 5.74) is 2.14. The molecule has 1 atom stereocenters. The van der Waals surface area contributed by atoms with Gasteiger partial charge in [-0.3, -0.25) is 4.90 Å². The molecule has 26 heavy (non-hydrogen) atoms. The molecule has 0 spiro atoms. The molecule has 0 aliphatic carbocycles. The van der Waals surface area contributed by atoms with Crippen molar-refractivity contribution in [3.8, 4) is 5.75 Å². The van der Waals surface area contributed by atoms with Crippen molar-refractivity contribution >= 4 is 0 Å². The highest BCUT2D eigenvalue weighted by atomic mass is 16.5. The van der Waals surface area contributed by atoms with E-state index in [4.69, 9.17) is 4.74 Å². The second-order valence-electron chi connectivity index (χ2n) is 7.68. The Balaban J connectivity index is 1.80. The van der Waals surface area contributed by atoms with Gasteiger partial charge >= 0.3 is 0 Å². The van der Waals surface area contributed by atoms with E-state index in [-0.39, 0.29) is 18.1 Å². The minimum atomic E-state index is -0.227. The molecule has 2 aromatic carbocycles.